The van der Waals surface area contributed by atoms with Crippen LogP contribution in [0.1, 0.15) is 5.56 Å². The normalized spacial score (nSPS) is 10.5. The molecule has 0 aromatic carbocycles. The monoisotopic (exact) mass is 222 g/mol. The van der Waals surface area contributed by atoms with E-state index in [1.165, 1.54) is 0 Å². The minimum atomic E-state index is 0.988. The van der Waals surface area contributed by atoms with Crippen LogP contribution >= 0.6 is 15.9 Å². The van der Waals surface area contributed by atoms with Gasteiger partial charge in [-0.05, 0) is 34.5 Å². The molecule has 0 spiro atoms. The van der Waals surface area contributed by atoms with E-state index in [0.29, 0.717) is 0 Å². The van der Waals surface area contributed by atoms with E-state index in [1.54, 1.807) is 6.20 Å². The second-order valence-electron chi connectivity index (χ2n) is 2.68. The van der Waals surface area contributed by atoms with Crippen LogP contribution in [0.25, 0.3) is 10.9 Å². The second-order valence-corrected chi connectivity index (χ2v) is 3.60. The van der Waals surface area contributed by atoms with Crippen molar-refractivity contribution >= 4 is 26.8 Å². The zero-order valence-corrected chi connectivity index (χ0v) is 8.17. The molecule has 0 atom stereocenters. The predicted octanol–water partition coefficient (Wildman–Crippen LogP) is 2.70. The lowest BCUT2D eigenvalue weighted by Gasteiger charge is -1.99. The first-order valence-corrected chi connectivity index (χ1v) is 4.42. The summed E-state index contributed by atoms with van der Waals surface area (Å²) in [7, 11) is 0. The maximum Gasteiger partial charge on any atom is 0.0762 e. The van der Waals surface area contributed by atoms with Crippen LogP contribution in [0.3, 0.4) is 0 Å². The van der Waals surface area contributed by atoms with Gasteiger partial charge in [-0.3, -0.25) is 9.97 Å². The van der Waals surface area contributed by atoms with E-state index in [2.05, 4.69) is 25.9 Å². The molecule has 12 heavy (non-hydrogen) atoms. The molecule has 0 fully saturated rings. The molecule has 60 valence electrons. The van der Waals surface area contributed by atoms with E-state index in [0.717, 1.165) is 20.9 Å². The molecule has 0 N–H and O–H groups in total. The van der Waals surface area contributed by atoms with E-state index < -0.39 is 0 Å². The summed E-state index contributed by atoms with van der Waals surface area (Å²) in [6, 6.07) is 2.02. The Labute approximate surface area is 78.8 Å². The van der Waals surface area contributed by atoms with Gasteiger partial charge in [0.25, 0.3) is 0 Å². The van der Waals surface area contributed by atoms with Crippen molar-refractivity contribution in [3.05, 3.63) is 34.7 Å². The minimum absolute atomic E-state index is 0.988. The Morgan fingerprint density at radius 3 is 2.92 bits per heavy atom. The van der Waals surface area contributed by atoms with E-state index in [-0.39, 0.29) is 0 Å². The number of halogens is 1. The molecular formula is C9H7BrN2. The summed E-state index contributed by atoms with van der Waals surface area (Å²) < 4.78 is 0.988. The van der Waals surface area contributed by atoms with Gasteiger partial charge in [0.1, 0.15) is 0 Å². The number of hydrogen-bond donors (Lipinski definition) is 0. The van der Waals surface area contributed by atoms with Crippen LogP contribution in [-0.2, 0) is 0 Å². The SMILES string of the molecule is Cc1cncc2cc(Br)cnc12. The number of rotatable bonds is 0. The third kappa shape index (κ3) is 1.20. The van der Waals surface area contributed by atoms with Gasteiger partial charge >= 0.3 is 0 Å². The van der Waals surface area contributed by atoms with Gasteiger partial charge in [0.05, 0.1) is 5.52 Å². The van der Waals surface area contributed by atoms with E-state index in [9.17, 15) is 0 Å². The van der Waals surface area contributed by atoms with Gasteiger partial charge in [0, 0.05) is 28.4 Å². The molecule has 0 bridgehead atoms. The quantitative estimate of drug-likeness (QED) is 0.686. The molecule has 2 rings (SSSR count). The third-order valence-electron chi connectivity index (χ3n) is 1.74. The molecule has 0 aliphatic heterocycles. The van der Waals surface area contributed by atoms with Crippen molar-refractivity contribution in [2.75, 3.05) is 0 Å². The van der Waals surface area contributed by atoms with Crippen LogP contribution < -0.4 is 0 Å². The lowest BCUT2D eigenvalue weighted by molar-refractivity contribution is 1.26. The predicted molar refractivity (Wildman–Crippen MR) is 52.0 cm³/mol. The first-order valence-electron chi connectivity index (χ1n) is 3.63. The van der Waals surface area contributed by atoms with Crippen molar-refractivity contribution in [1.82, 2.24) is 9.97 Å². The number of hydrogen-bond acceptors (Lipinski definition) is 2. The summed E-state index contributed by atoms with van der Waals surface area (Å²) in [5, 5.41) is 1.07. The maximum atomic E-state index is 4.29. The molecule has 0 radical (unpaired) electrons. The Bertz CT molecular complexity index is 426. The topological polar surface area (TPSA) is 25.8 Å². The largest absolute Gasteiger partial charge is 0.264 e. The summed E-state index contributed by atoms with van der Waals surface area (Å²) in [6.07, 6.45) is 5.44. The molecule has 0 unspecified atom stereocenters. The van der Waals surface area contributed by atoms with Gasteiger partial charge in [-0.1, -0.05) is 0 Å². The van der Waals surface area contributed by atoms with Crippen LogP contribution in [0.15, 0.2) is 29.1 Å². The van der Waals surface area contributed by atoms with Crippen LogP contribution in [0, 0.1) is 6.92 Å². The lowest BCUT2D eigenvalue weighted by atomic mass is 10.2. The summed E-state index contributed by atoms with van der Waals surface area (Å²) in [4.78, 5) is 8.39. The van der Waals surface area contributed by atoms with E-state index >= 15 is 0 Å². The highest BCUT2D eigenvalue weighted by Gasteiger charge is 1.98. The highest BCUT2D eigenvalue weighted by Crippen LogP contribution is 2.18. The average molecular weight is 223 g/mol. The van der Waals surface area contributed by atoms with Crippen molar-refractivity contribution in [3.8, 4) is 0 Å². The standard InChI is InChI=1S/C9H7BrN2/c1-6-3-11-4-7-2-8(10)5-12-9(6)7/h2-5H,1H3. The van der Waals surface area contributed by atoms with Crippen molar-refractivity contribution < 1.29 is 0 Å². The molecule has 2 nitrogen and oxygen atoms in total. The van der Waals surface area contributed by atoms with E-state index in [4.69, 9.17) is 0 Å². The first-order chi connectivity index (χ1) is 5.77. The molecule has 2 heterocycles. The van der Waals surface area contributed by atoms with Crippen molar-refractivity contribution in [2.24, 2.45) is 0 Å². The lowest BCUT2D eigenvalue weighted by Crippen LogP contribution is -1.84. The van der Waals surface area contributed by atoms with Crippen LogP contribution in [0.5, 0.6) is 0 Å². The minimum Gasteiger partial charge on any atom is -0.264 e. The van der Waals surface area contributed by atoms with Crippen LogP contribution in [0.2, 0.25) is 0 Å². The molecule has 0 amide bonds. The van der Waals surface area contributed by atoms with Gasteiger partial charge in [-0.25, -0.2) is 0 Å². The highest BCUT2D eigenvalue weighted by atomic mass is 79.9. The summed E-state index contributed by atoms with van der Waals surface area (Å²) in [5.41, 5.74) is 2.13. The molecule has 0 saturated carbocycles. The number of pyridine rings is 2. The highest BCUT2D eigenvalue weighted by molar-refractivity contribution is 9.10. The Balaban J connectivity index is 2.86. The fourth-order valence-corrected chi connectivity index (χ4v) is 1.52. The van der Waals surface area contributed by atoms with Gasteiger partial charge in [0.2, 0.25) is 0 Å². The fraction of sp³-hybridized carbons (Fsp3) is 0.111. The molecule has 0 saturated heterocycles. The van der Waals surface area contributed by atoms with Gasteiger partial charge in [0.15, 0.2) is 0 Å². The number of aromatic nitrogens is 2. The Hall–Kier alpha value is -0.960. The Morgan fingerprint density at radius 2 is 2.08 bits per heavy atom. The number of nitrogens with zero attached hydrogens (tertiary/aromatic N) is 2. The number of aryl methyl sites for hydroxylation is 1. The Kier molecular flexibility index (Phi) is 1.81. The zero-order chi connectivity index (χ0) is 8.55. The van der Waals surface area contributed by atoms with Gasteiger partial charge in [-0.15, -0.1) is 0 Å². The van der Waals surface area contributed by atoms with Gasteiger partial charge in [-0.2, -0.15) is 0 Å². The first kappa shape index (κ1) is 7.68. The third-order valence-corrected chi connectivity index (χ3v) is 2.17. The summed E-state index contributed by atoms with van der Waals surface area (Å²) in [6.45, 7) is 2.01. The molecule has 3 heteroatoms. The van der Waals surface area contributed by atoms with Crippen LogP contribution in [-0.4, -0.2) is 9.97 Å². The van der Waals surface area contributed by atoms with Crippen molar-refractivity contribution in [1.29, 1.82) is 0 Å². The fourth-order valence-electron chi connectivity index (χ4n) is 1.17. The smallest absolute Gasteiger partial charge is 0.0762 e. The van der Waals surface area contributed by atoms with Gasteiger partial charge < -0.3 is 0 Å². The summed E-state index contributed by atoms with van der Waals surface area (Å²) in [5.74, 6) is 0. The van der Waals surface area contributed by atoms with Crippen molar-refractivity contribution in [2.45, 2.75) is 6.92 Å². The molecular weight excluding hydrogens is 216 g/mol. The molecule has 2 aromatic heterocycles. The zero-order valence-electron chi connectivity index (χ0n) is 6.58. The Morgan fingerprint density at radius 1 is 1.25 bits per heavy atom. The van der Waals surface area contributed by atoms with E-state index in [1.807, 2.05) is 25.4 Å². The summed E-state index contributed by atoms with van der Waals surface area (Å²) >= 11 is 3.37. The number of fused-ring (bicyclic) bond motifs is 1. The maximum absolute atomic E-state index is 4.29. The van der Waals surface area contributed by atoms with Crippen molar-refractivity contribution in [3.63, 3.8) is 0 Å². The molecule has 0 aliphatic rings. The second kappa shape index (κ2) is 2.83. The molecule has 0 aliphatic carbocycles. The average Bonchev–Trinajstić information content (AvgIpc) is 2.04. The molecule has 2 aromatic rings. The van der Waals surface area contributed by atoms with Crippen LogP contribution in [0.4, 0.5) is 0 Å².